The molecule has 6 nitrogen and oxygen atoms in total. The number of piperidine rings is 1. The molecule has 2 heterocycles. The highest BCUT2D eigenvalue weighted by Gasteiger charge is 2.42. The molecule has 3 aromatic carbocycles. The van der Waals surface area contributed by atoms with E-state index in [1.54, 1.807) is 17.0 Å². The molecule has 1 aliphatic rings. The van der Waals surface area contributed by atoms with Gasteiger partial charge in [-0.2, -0.15) is 0 Å². The predicted molar refractivity (Wildman–Crippen MR) is 167 cm³/mol. The zero-order valence-electron chi connectivity index (χ0n) is 22.4. The molecule has 1 fully saturated rings. The first kappa shape index (κ1) is 29.1. The van der Waals surface area contributed by atoms with Crippen LogP contribution in [0, 0.1) is 0 Å². The Bertz CT molecular complexity index is 1530. The molecule has 9 heteroatoms. The number of hydrogen-bond acceptors (Lipinski definition) is 5. The molecule has 0 aliphatic carbocycles. The van der Waals surface area contributed by atoms with E-state index in [1.165, 1.54) is 11.3 Å². The van der Waals surface area contributed by atoms with Crippen LogP contribution >= 0.6 is 34.5 Å². The summed E-state index contributed by atoms with van der Waals surface area (Å²) in [5, 5.41) is 1.04. The number of nitrogens with zero attached hydrogens (tertiary/aromatic N) is 1. The van der Waals surface area contributed by atoms with E-state index in [1.807, 2.05) is 66.7 Å². The standard InChI is InChI=1S/C32H31Cl2N3O3S/c33-23-9-12-25(27(34)19-23)26-20-28(41-29(26)21-7-10-24(11-8-21)40-18-4-15-35)30(38)37-16-13-32(14-17-37,31(36)39)22-5-2-1-3-6-22/h1-3,5-12,19-20H,4,13-18,35H2,(H2,36,39). The third kappa shape index (κ3) is 6.14. The van der Waals surface area contributed by atoms with E-state index in [0.29, 0.717) is 54.0 Å². The number of primary amides is 1. The smallest absolute Gasteiger partial charge is 0.263 e. The third-order valence-corrected chi connectivity index (χ3v) is 9.32. The minimum absolute atomic E-state index is 0.0829. The van der Waals surface area contributed by atoms with E-state index in [9.17, 15) is 9.59 Å². The number of nitrogens with two attached hydrogens (primary N) is 2. The van der Waals surface area contributed by atoms with E-state index in [4.69, 9.17) is 39.4 Å². The van der Waals surface area contributed by atoms with Crippen LogP contribution in [0.15, 0.2) is 78.9 Å². The monoisotopic (exact) mass is 607 g/mol. The summed E-state index contributed by atoms with van der Waals surface area (Å²) in [4.78, 5) is 29.8. The van der Waals surface area contributed by atoms with Crippen molar-refractivity contribution in [3.05, 3.63) is 99.3 Å². The van der Waals surface area contributed by atoms with Crippen LogP contribution in [0.5, 0.6) is 5.75 Å². The molecule has 1 saturated heterocycles. The van der Waals surface area contributed by atoms with E-state index in [0.717, 1.165) is 39.3 Å². The Hall–Kier alpha value is -3.36. The summed E-state index contributed by atoms with van der Waals surface area (Å²) in [6.45, 7) is 1.98. The van der Waals surface area contributed by atoms with E-state index < -0.39 is 5.41 Å². The molecule has 0 bridgehead atoms. The lowest BCUT2D eigenvalue weighted by atomic mass is 9.72. The summed E-state index contributed by atoms with van der Waals surface area (Å²) in [5.41, 5.74) is 14.2. The zero-order valence-corrected chi connectivity index (χ0v) is 24.8. The Kier molecular flexibility index (Phi) is 9.00. The maximum absolute atomic E-state index is 13.8. The number of benzene rings is 3. The molecule has 0 unspecified atom stereocenters. The second-order valence-corrected chi connectivity index (χ2v) is 12.0. The number of rotatable bonds is 9. The van der Waals surface area contributed by atoms with Gasteiger partial charge in [0.15, 0.2) is 0 Å². The van der Waals surface area contributed by atoms with Crippen LogP contribution in [0.4, 0.5) is 0 Å². The summed E-state index contributed by atoms with van der Waals surface area (Å²) >= 11 is 14.2. The average molecular weight is 609 g/mol. The fourth-order valence-corrected chi connectivity index (χ4v) is 6.93. The highest BCUT2D eigenvalue weighted by Crippen LogP contribution is 2.44. The number of carbonyl (C=O) groups excluding carboxylic acids is 2. The number of likely N-dealkylation sites (tertiary alicyclic amines) is 1. The van der Waals surface area contributed by atoms with Crippen molar-refractivity contribution >= 4 is 46.4 Å². The van der Waals surface area contributed by atoms with Gasteiger partial charge in [0, 0.05) is 39.1 Å². The number of ether oxygens (including phenoxy) is 1. The zero-order chi connectivity index (χ0) is 29.0. The lowest BCUT2D eigenvalue weighted by molar-refractivity contribution is -0.125. The third-order valence-electron chi connectivity index (χ3n) is 7.60. The van der Waals surface area contributed by atoms with Crippen LogP contribution in [0.1, 0.15) is 34.5 Å². The van der Waals surface area contributed by atoms with Crippen molar-refractivity contribution in [2.24, 2.45) is 11.5 Å². The number of thiophene rings is 1. The van der Waals surface area contributed by atoms with Crippen molar-refractivity contribution in [2.75, 3.05) is 26.2 Å². The first-order valence-electron chi connectivity index (χ1n) is 13.5. The number of hydrogen-bond donors (Lipinski definition) is 2. The maximum Gasteiger partial charge on any atom is 0.263 e. The second kappa shape index (κ2) is 12.7. The minimum atomic E-state index is -0.783. The lowest BCUT2D eigenvalue weighted by Gasteiger charge is -2.40. The lowest BCUT2D eigenvalue weighted by Crippen LogP contribution is -2.51. The molecule has 212 valence electrons. The molecular weight excluding hydrogens is 577 g/mol. The highest BCUT2D eigenvalue weighted by atomic mass is 35.5. The van der Waals surface area contributed by atoms with E-state index in [2.05, 4.69) is 0 Å². The van der Waals surface area contributed by atoms with Crippen molar-refractivity contribution in [1.29, 1.82) is 0 Å². The Morgan fingerprint density at radius 2 is 1.63 bits per heavy atom. The number of amides is 2. The van der Waals surface area contributed by atoms with Gasteiger partial charge in [0.05, 0.1) is 16.9 Å². The van der Waals surface area contributed by atoms with E-state index in [-0.39, 0.29) is 11.8 Å². The maximum atomic E-state index is 13.8. The van der Waals surface area contributed by atoms with Gasteiger partial charge in [-0.3, -0.25) is 9.59 Å². The summed E-state index contributed by atoms with van der Waals surface area (Å²) < 4.78 is 5.77. The molecule has 4 N–H and O–H groups in total. The fraction of sp³-hybridized carbons (Fsp3) is 0.250. The Balaban J connectivity index is 1.44. The van der Waals surface area contributed by atoms with Crippen LogP contribution in [0.2, 0.25) is 10.0 Å². The van der Waals surface area contributed by atoms with Crippen molar-refractivity contribution in [3.63, 3.8) is 0 Å². The van der Waals surface area contributed by atoms with Crippen LogP contribution in [0.3, 0.4) is 0 Å². The average Bonchev–Trinajstić information content (AvgIpc) is 3.43. The van der Waals surface area contributed by atoms with Gasteiger partial charge >= 0.3 is 0 Å². The summed E-state index contributed by atoms with van der Waals surface area (Å²) in [6.07, 6.45) is 1.72. The van der Waals surface area contributed by atoms with E-state index >= 15 is 0 Å². The molecular formula is C32H31Cl2N3O3S. The number of halogens is 2. The molecule has 1 aliphatic heterocycles. The summed E-state index contributed by atoms with van der Waals surface area (Å²) in [5.74, 6) is 0.315. The quantitative estimate of drug-likeness (QED) is 0.205. The molecule has 0 radical (unpaired) electrons. The molecule has 1 aromatic heterocycles. The molecule has 0 spiro atoms. The summed E-state index contributed by atoms with van der Waals surface area (Å²) in [7, 11) is 0. The van der Waals surface area contributed by atoms with Gasteiger partial charge in [-0.25, -0.2) is 0 Å². The van der Waals surface area contributed by atoms with Crippen LogP contribution in [-0.4, -0.2) is 43.0 Å². The van der Waals surface area contributed by atoms with Crippen LogP contribution in [0.25, 0.3) is 21.6 Å². The summed E-state index contributed by atoms with van der Waals surface area (Å²) in [6, 6.07) is 24.7. The van der Waals surface area contributed by atoms with Gasteiger partial charge in [-0.05, 0) is 79.4 Å². The first-order valence-corrected chi connectivity index (χ1v) is 15.1. The highest BCUT2D eigenvalue weighted by molar-refractivity contribution is 7.18. The van der Waals surface area contributed by atoms with Gasteiger partial charge in [-0.1, -0.05) is 59.6 Å². The molecule has 5 rings (SSSR count). The molecule has 41 heavy (non-hydrogen) atoms. The predicted octanol–water partition coefficient (Wildman–Crippen LogP) is 6.78. The second-order valence-electron chi connectivity index (χ2n) is 10.1. The molecule has 0 saturated carbocycles. The van der Waals surface area contributed by atoms with Crippen molar-refractivity contribution < 1.29 is 14.3 Å². The Morgan fingerprint density at radius 3 is 2.27 bits per heavy atom. The Labute approximate surface area is 253 Å². The molecule has 0 atom stereocenters. The van der Waals surface area contributed by atoms with Gasteiger partial charge in [-0.15, -0.1) is 11.3 Å². The normalized spacial score (nSPS) is 14.6. The van der Waals surface area contributed by atoms with Crippen molar-refractivity contribution in [1.82, 2.24) is 4.90 Å². The van der Waals surface area contributed by atoms with Crippen molar-refractivity contribution in [2.45, 2.75) is 24.7 Å². The fourth-order valence-electron chi connectivity index (χ4n) is 5.28. The van der Waals surface area contributed by atoms with Crippen LogP contribution in [-0.2, 0) is 10.2 Å². The van der Waals surface area contributed by atoms with Crippen molar-refractivity contribution in [3.8, 4) is 27.3 Å². The topological polar surface area (TPSA) is 98.7 Å². The largest absolute Gasteiger partial charge is 0.494 e. The minimum Gasteiger partial charge on any atom is -0.494 e. The number of carbonyl (C=O) groups is 2. The van der Waals surface area contributed by atoms with Gasteiger partial charge in [0.1, 0.15) is 5.75 Å². The molecule has 4 aromatic rings. The van der Waals surface area contributed by atoms with Gasteiger partial charge < -0.3 is 21.1 Å². The van der Waals surface area contributed by atoms with Gasteiger partial charge in [0.25, 0.3) is 5.91 Å². The SMILES string of the molecule is NCCCOc1ccc(-c2sc(C(=O)N3CCC(C(N)=O)(c4ccccc4)CC3)cc2-c2ccc(Cl)cc2Cl)cc1. The van der Waals surface area contributed by atoms with Gasteiger partial charge in [0.2, 0.25) is 5.91 Å². The Morgan fingerprint density at radius 1 is 0.927 bits per heavy atom. The molecule has 2 amide bonds. The first-order chi connectivity index (χ1) is 19.8. The van der Waals surface area contributed by atoms with Crippen LogP contribution < -0.4 is 16.2 Å².